The first-order chi connectivity index (χ1) is 16.1. The largest absolute Gasteiger partial charge is 0.320 e. The summed E-state index contributed by atoms with van der Waals surface area (Å²) in [5.41, 5.74) is 7.93. The Hall–Kier alpha value is -3.96. The molecular formula is C28H27N3O2. The number of hydroxylamine groups is 1. The molecule has 1 unspecified atom stereocenters. The van der Waals surface area contributed by atoms with Crippen molar-refractivity contribution in [3.8, 4) is 11.3 Å². The molecule has 2 N–H and O–H groups in total. The molecule has 33 heavy (non-hydrogen) atoms. The quantitative estimate of drug-likeness (QED) is 0.225. The van der Waals surface area contributed by atoms with Gasteiger partial charge in [-0.1, -0.05) is 78.9 Å². The number of nitrogens with zero attached hydrogens (tertiary/aromatic N) is 2. The second kappa shape index (κ2) is 10.1. The lowest BCUT2D eigenvalue weighted by molar-refractivity contribution is -0.124. The third-order valence-electron chi connectivity index (χ3n) is 5.73. The summed E-state index contributed by atoms with van der Waals surface area (Å²) in [6, 6.07) is 28.9. The molecule has 4 rings (SSSR count). The van der Waals surface area contributed by atoms with Crippen LogP contribution in [0, 0.1) is 6.92 Å². The van der Waals surface area contributed by atoms with Crippen LogP contribution < -0.4 is 5.48 Å². The molecule has 0 aliphatic heterocycles. The fourth-order valence-corrected chi connectivity index (χ4v) is 4.15. The summed E-state index contributed by atoms with van der Waals surface area (Å²) in [6.07, 6.45) is 3.71. The molecule has 0 bridgehead atoms. The molecule has 1 aromatic heterocycles. The Morgan fingerprint density at radius 3 is 2.42 bits per heavy atom. The van der Waals surface area contributed by atoms with E-state index < -0.39 is 5.91 Å². The van der Waals surface area contributed by atoms with E-state index in [-0.39, 0.29) is 6.04 Å². The minimum atomic E-state index is -0.565. The average Bonchev–Trinajstić information content (AvgIpc) is 3.18. The number of aryl methyl sites for hydroxylation is 1. The lowest BCUT2D eigenvalue weighted by Crippen LogP contribution is -2.14. The summed E-state index contributed by atoms with van der Waals surface area (Å²) in [4.78, 5) is 16.4. The zero-order chi connectivity index (χ0) is 23.2. The van der Waals surface area contributed by atoms with E-state index in [2.05, 4.69) is 66.1 Å². The van der Waals surface area contributed by atoms with Gasteiger partial charge in [0.15, 0.2) is 0 Å². The van der Waals surface area contributed by atoms with Gasteiger partial charge in [0.2, 0.25) is 0 Å². The second-order valence-electron chi connectivity index (χ2n) is 8.02. The van der Waals surface area contributed by atoms with Crippen molar-refractivity contribution >= 4 is 12.0 Å². The Morgan fingerprint density at radius 1 is 1.03 bits per heavy atom. The van der Waals surface area contributed by atoms with Gasteiger partial charge in [-0.15, -0.1) is 0 Å². The Bertz CT molecular complexity index is 1260. The predicted octanol–water partition coefficient (Wildman–Crippen LogP) is 5.58. The molecule has 5 heteroatoms. The van der Waals surface area contributed by atoms with Gasteiger partial charge in [0, 0.05) is 18.1 Å². The van der Waals surface area contributed by atoms with Crippen molar-refractivity contribution in [3.63, 3.8) is 0 Å². The highest BCUT2D eigenvalue weighted by atomic mass is 16.5. The summed E-state index contributed by atoms with van der Waals surface area (Å²) in [6.45, 7) is 4.24. The molecule has 0 saturated heterocycles. The molecule has 0 fully saturated rings. The average molecular weight is 438 g/mol. The maximum absolute atomic E-state index is 11.4. The van der Waals surface area contributed by atoms with Crippen molar-refractivity contribution in [1.29, 1.82) is 0 Å². The van der Waals surface area contributed by atoms with Gasteiger partial charge in [-0.3, -0.25) is 10.0 Å². The van der Waals surface area contributed by atoms with Gasteiger partial charge in [-0.2, -0.15) is 0 Å². The van der Waals surface area contributed by atoms with Gasteiger partial charge in [-0.25, -0.2) is 10.5 Å². The third kappa shape index (κ3) is 5.10. The van der Waals surface area contributed by atoms with E-state index in [1.807, 2.05) is 37.3 Å². The van der Waals surface area contributed by atoms with E-state index in [9.17, 15) is 4.79 Å². The molecule has 166 valence electrons. The molecule has 0 saturated carbocycles. The number of nitrogens with one attached hydrogen (secondary N) is 1. The Morgan fingerprint density at radius 2 is 1.73 bits per heavy atom. The van der Waals surface area contributed by atoms with Gasteiger partial charge in [0.05, 0.1) is 17.4 Å². The van der Waals surface area contributed by atoms with Crippen LogP contribution in [0.4, 0.5) is 0 Å². The molecule has 1 amide bonds. The van der Waals surface area contributed by atoms with Crippen molar-refractivity contribution < 1.29 is 10.0 Å². The van der Waals surface area contributed by atoms with Crippen molar-refractivity contribution in [2.75, 3.05) is 0 Å². The van der Waals surface area contributed by atoms with Gasteiger partial charge < -0.3 is 4.57 Å². The molecule has 1 atom stereocenters. The zero-order valence-electron chi connectivity index (χ0n) is 18.8. The van der Waals surface area contributed by atoms with Crippen LogP contribution in [-0.4, -0.2) is 20.7 Å². The number of hydrogen-bond donors (Lipinski definition) is 2. The minimum Gasteiger partial charge on any atom is -0.320 e. The van der Waals surface area contributed by atoms with Gasteiger partial charge in [-0.05, 0) is 42.7 Å². The number of rotatable bonds is 7. The van der Waals surface area contributed by atoms with Gasteiger partial charge in [0.25, 0.3) is 5.91 Å². The van der Waals surface area contributed by atoms with E-state index in [0.29, 0.717) is 0 Å². The summed E-state index contributed by atoms with van der Waals surface area (Å²) < 4.78 is 2.32. The van der Waals surface area contributed by atoms with Crippen LogP contribution in [-0.2, 0) is 11.2 Å². The minimum absolute atomic E-state index is 0.0838. The molecule has 0 radical (unpaired) electrons. The van der Waals surface area contributed by atoms with Crippen molar-refractivity contribution in [1.82, 2.24) is 15.0 Å². The molecule has 3 aromatic carbocycles. The van der Waals surface area contributed by atoms with E-state index in [1.54, 1.807) is 11.6 Å². The van der Waals surface area contributed by atoms with Crippen molar-refractivity contribution in [2.45, 2.75) is 26.3 Å². The van der Waals surface area contributed by atoms with Crippen LogP contribution in [0.2, 0.25) is 0 Å². The number of carbonyl (C=O) groups excluding carboxylic acids is 1. The molecular weight excluding hydrogens is 410 g/mol. The molecule has 0 aliphatic rings. The van der Waals surface area contributed by atoms with Crippen LogP contribution in [0.3, 0.4) is 0 Å². The Balaban J connectivity index is 1.83. The lowest BCUT2D eigenvalue weighted by atomic mass is 10.0. The maximum Gasteiger partial charge on any atom is 0.267 e. The van der Waals surface area contributed by atoms with Crippen LogP contribution >= 0.6 is 0 Å². The van der Waals surface area contributed by atoms with Gasteiger partial charge >= 0.3 is 0 Å². The van der Waals surface area contributed by atoms with E-state index in [0.717, 1.165) is 34.8 Å². The highest BCUT2D eigenvalue weighted by molar-refractivity contribution is 5.91. The van der Waals surface area contributed by atoms with Crippen LogP contribution in [0.5, 0.6) is 0 Å². The zero-order valence-corrected chi connectivity index (χ0v) is 18.8. The monoisotopic (exact) mass is 437 g/mol. The highest BCUT2D eigenvalue weighted by Gasteiger charge is 2.21. The first-order valence-corrected chi connectivity index (χ1v) is 11.0. The topological polar surface area (TPSA) is 67.2 Å². The molecule has 5 nitrogen and oxygen atoms in total. The van der Waals surface area contributed by atoms with Crippen LogP contribution in [0.1, 0.15) is 41.2 Å². The van der Waals surface area contributed by atoms with E-state index >= 15 is 0 Å². The SMILES string of the molecule is Cc1nc(Cc2ccccc2)n(C(C)c2ccccc2)c1-c1cccc(/C=C/C(=O)NO)c1. The number of amides is 1. The smallest absolute Gasteiger partial charge is 0.267 e. The standard InChI is InChI=1S/C28H27N3O2/c1-20-28(25-15-9-12-23(18-25)16-17-27(32)30-33)31(21(2)24-13-7-4-8-14-24)26(29-20)19-22-10-5-3-6-11-22/h3-18,21,33H,19H2,1-2H3,(H,30,32)/b17-16+. The number of hydrogen-bond acceptors (Lipinski definition) is 3. The van der Waals surface area contributed by atoms with E-state index in [1.165, 1.54) is 17.2 Å². The Kier molecular flexibility index (Phi) is 6.81. The number of carbonyl (C=O) groups is 1. The van der Waals surface area contributed by atoms with E-state index in [4.69, 9.17) is 10.2 Å². The number of imidazole rings is 1. The Labute approximate surface area is 194 Å². The van der Waals surface area contributed by atoms with Crippen LogP contribution in [0.15, 0.2) is 91.0 Å². The first-order valence-electron chi connectivity index (χ1n) is 11.0. The summed E-state index contributed by atoms with van der Waals surface area (Å²) >= 11 is 0. The third-order valence-corrected chi connectivity index (χ3v) is 5.73. The van der Waals surface area contributed by atoms with Crippen LogP contribution in [0.25, 0.3) is 17.3 Å². The first kappa shape index (κ1) is 22.2. The molecule has 1 heterocycles. The number of benzene rings is 3. The second-order valence-corrected chi connectivity index (χ2v) is 8.02. The summed E-state index contributed by atoms with van der Waals surface area (Å²) in [7, 11) is 0. The predicted molar refractivity (Wildman–Crippen MR) is 131 cm³/mol. The summed E-state index contributed by atoms with van der Waals surface area (Å²) in [5.74, 6) is 0.440. The normalized spacial score (nSPS) is 12.1. The molecule has 4 aromatic rings. The number of aromatic nitrogens is 2. The fraction of sp³-hybridized carbons (Fsp3) is 0.143. The molecule has 0 aliphatic carbocycles. The maximum atomic E-state index is 11.4. The van der Waals surface area contributed by atoms with Gasteiger partial charge in [0.1, 0.15) is 5.82 Å². The lowest BCUT2D eigenvalue weighted by Gasteiger charge is -2.21. The fourth-order valence-electron chi connectivity index (χ4n) is 4.15. The summed E-state index contributed by atoms with van der Waals surface area (Å²) in [5, 5.41) is 8.75. The highest BCUT2D eigenvalue weighted by Crippen LogP contribution is 2.32. The van der Waals surface area contributed by atoms with Crippen molar-refractivity contribution in [3.05, 3.63) is 119 Å². The van der Waals surface area contributed by atoms with Crippen molar-refractivity contribution in [2.24, 2.45) is 0 Å². The molecule has 0 spiro atoms.